The molecule has 1 atom stereocenters. The molecular weight excluding hydrogens is 312 g/mol. The summed E-state index contributed by atoms with van der Waals surface area (Å²) in [4.78, 5) is 10.7. The average molecular weight is 325 g/mol. The number of piperidine rings is 1. The van der Waals surface area contributed by atoms with Gasteiger partial charge in [0.25, 0.3) is 6.43 Å². The molecule has 1 aliphatic heterocycles. The number of rotatable bonds is 4. The van der Waals surface area contributed by atoms with Gasteiger partial charge in [0.15, 0.2) is 0 Å². The molecule has 112 valence electrons. The van der Waals surface area contributed by atoms with Crippen LogP contribution in [0.15, 0.2) is 15.7 Å². The Morgan fingerprint density at radius 3 is 2.70 bits per heavy atom. The minimum atomic E-state index is -4.21. The zero-order valence-electron chi connectivity index (χ0n) is 10.3. The van der Waals surface area contributed by atoms with Gasteiger partial charge in [-0.3, -0.25) is 4.79 Å². The molecule has 0 amide bonds. The second-order valence-corrected chi connectivity index (χ2v) is 7.06. The van der Waals surface area contributed by atoms with Crippen LogP contribution in [0.3, 0.4) is 0 Å². The van der Waals surface area contributed by atoms with Crippen LogP contribution in [0.2, 0.25) is 0 Å². The highest BCUT2D eigenvalue weighted by Crippen LogP contribution is 2.34. The SMILES string of the molecule is O=C(O)C1CCCCN1S(=O)(=O)c1cscc1C(F)F. The Kier molecular flexibility index (Phi) is 4.40. The zero-order chi connectivity index (χ0) is 14.9. The molecule has 1 fully saturated rings. The Labute approximate surface area is 118 Å². The minimum absolute atomic E-state index is 0.0395. The first-order valence-electron chi connectivity index (χ1n) is 5.94. The topological polar surface area (TPSA) is 74.7 Å². The van der Waals surface area contributed by atoms with Crippen LogP contribution in [-0.2, 0) is 14.8 Å². The minimum Gasteiger partial charge on any atom is -0.480 e. The molecule has 1 N–H and O–H groups in total. The van der Waals surface area contributed by atoms with Crippen LogP contribution < -0.4 is 0 Å². The van der Waals surface area contributed by atoms with E-state index in [9.17, 15) is 22.0 Å². The monoisotopic (exact) mass is 325 g/mol. The average Bonchev–Trinajstić information content (AvgIpc) is 2.88. The molecule has 1 unspecified atom stereocenters. The van der Waals surface area contributed by atoms with Gasteiger partial charge in [-0.2, -0.15) is 15.6 Å². The molecule has 2 rings (SSSR count). The maximum Gasteiger partial charge on any atom is 0.322 e. The van der Waals surface area contributed by atoms with Gasteiger partial charge in [0.05, 0.1) is 0 Å². The number of hydrogen-bond acceptors (Lipinski definition) is 4. The van der Waals surface area contributed by atoms with Crippen molar-refractivity contribution in [2.45, 2.75) is 36.6 Å². The lowest BCUT2D eigenvalue weighted by atomic mass is 10.1. The van der Waals surface area contributed by atoms with E-state index in [0.717, 1.165) is 26.4 Å². The molecule has 0 spiro atoms. The maximum atomic E-state index is 12.8. The maximum absolute atomic E-state index is 12.8. The van der Waals surface area contributed by atoms with Gasteiger partial charge in [0.1, 0.15) is 10.9 Å². The van der Waals surface area contributed by atoms with Gasteiger partial charge in [-0.25, -0.2) is 17.2 Å². The van der Waals surface area contributed by atoms with Crippen molar-refractivity contribution in [3.63, 3.8) is 0 Å². The second kappa shape index (κ2) is 5.74. The molecule has 2 heterocycles. The summed E-state index contributed by atoms with van der Waals surface area (Å²) >= 11 is 0.862. The molecule has 1 aromatic heterocycles. The normalized spacial score (nSPS) is 21.2. The van der Waals surface area contributed by atoms with Gasteiger partial charge < -0.3 is 5.11 Å². The van der Waals surface area contributed by atoms with Gasteiger partial charge in [-0.05, 0) is 19.3 Å². The molecule has 0 radical (unpaired) electrons. The molecule has 0 aromatic carbocycles. The predicted octanol–water partition coefficient (Wildman–Crippen LogP) is 2.31. The van der Waals surface area contributed by atoms with Crippen molar-refractivity contribution in [3.05, 3.63) is 16.3 Å². The Bertz CT molecular complexity index is 599. The van der Waals surface area contributed by atoms with Gasteiger partial charge in [-0.15, -0.1) is 0 Å². The molecule has 9 heteroatoms. The number of carboxylic acids is 1. The number of hydrogen-bond donors (Lipinski definition) is 1. The fourth-order valence-corrected chi connectivity index (χ4v) is 5.26. The van der Waals surface area contributed by atoms with Crippen molar-refractivity contribution in [2.75, 3.05) is 6.54 Å². The van der Waals surface area contributed by atoms with Crippen LogP contribution in [0.4, 0.5) is 8.78 Å². The van der Waals surface area contributed by atoms with Crippen molar-refractivity contribution in [1.29, 1.82) is 0 Å². The summed E-state index contributed by atoms with van der Waals surface area (Å²) in [6.07, 6.45) is -1.58. The summed E-state index contributed by atoms with van der Waals surface area (Å²) in [7, 11) is -4.21. The number of carboxylic acid groups (broad SMARTS) is 1. The Hall–Kier alpha value is -1.06. The van der Waals surface area contributed by atoms with Crippen molar-refractivity contribution in [1.82, 2.24) is 4.31 Å². The zero-order valence-corrected chi connectivity index (χ0v) is 12.0. The highest BCUT2D eigenvalue weighted by atomic mass is 32.2. The molecule has 1 aromatic rings. The van der Waals surface area contributed by atoms with Crippen molar-refractivity contribution < 1.29 is 27.1 Å². The lowest BCUT2D eigenvalue weighted by Gasteiger charge is -2.31. The van der Waals surface area contributed by atoms with E-state index in [2.05, 4.69) is 0 Å². The van der Waals surface area contributed by atoms with E-state index in [-0.39, 0.29) is 13.0 Å². The van der Waals surface area contributed by atoms with Gasteiger partial charge in [-0.1, -0.05) is 0 Å². The van der Waals surface area contributed by atoms with E-state index in [1.54, 1.807) is 0 Å². The molecule has 20 heavy (non-hydrogen) atoms. The van der Waals surface area contributed by atoms with Crippen LogP contribution in [0.5, 0.6) is 0 Å². The van der Waals surface area contributed by atoms with E-state index in [1.807, 2.05) is 0 Å². The number of thiophene rings is 1. The lowest BCUT2D eigenvalue weighted by molar-refractivity contribution is -0.142. The molecular formula is C11H13F2NO4S2. The third-order valence-corrected chi connectivity index (χ3v) is 6.09. The number of carbonyl (C=O) groups is 1. The molecule has 0 bridgehead atoms. The highest BCUT2D eigenvalue weighted by molar-refractivity contribution is 7.89. The van der Waals surface area contributed by atoms with Gasteiger partial charge in [0, 0.05) is 22.9 Å². The van der Waals surface area contributed by atoms with Crippen molar-refractivity contribution in [2.24, 2.45) is 0 Å². The first kappa shape index (κ1) is 15.3. The van der Waals surface area contributed by atoms with Crippen molar-refractivity contribution in [3.8, 4) is 0 Å². The predicted molar refractivity (Wildman–Crippen MR) is 68.4 cm³/mol. The molecule has 1 saturated heterocycles. The lowest BCUT2D eigenvalue weighted by Crippen LogP contribution is -2.47. The number of halogens is 2. The summed E-state index contributed by atoms with van der Waals surface area (Å²) in [6.45, 7) is 0.0395. The van der Waals surface area contributed by atoms with E-state index in [0.29, 0.717) is 12.8 Å². The first-order valence-corrected chi connectivity index (χ1v) is 8.33. The molecule has 1 aliphatic rings. The van der Waals surface area contributed by atoms with Crippen LogP contribution >= 0.6 is 11.3 Å². The van der Waals surface area contributed by atoms with E-state index in [4.69, 9.17) is 5.11 Å². The Balaban J connectivity index is 2.42. The fraction of sp³-hybridized carbons (Fsp3) is 0.545. The quantitative estimate of drug-likeness (QED) is 0.922. The molecule has 0 saturated carbocycles. The Morgan fingerprint density at radius 1 is 1.40 bits per heavy atom. The van der Waals surface area contributed by atoms with E-state index in [1.165, 1.54) is 0 Å². The number of alkyl halides is 2. The standard InChI is InChI=1S/C11H13F2NO4S2/c12-10(13)7-5-19-6-9(7)20(17,18)14-4-2-1-3-8(14)11(15)16/h5-6,8,10H,1-4H2,(H,15,16). The largest absolute Gasteiger partial charge is 0.480 e. The third-order valence-electron chi connectivity index (χ3n) is 3.22. The third kappa shape index (κ3) is 2.70. The second-order valence-electron chi connectivity index (χ2n) is 4.46. The number of aliphatic carboxylic acids is 1. The van der Waals surface area contributed by atoms with Crippen LogP contribution in [0.25, 0.3) is 0 Å². The van der Waals surface area contributed by atoms with Crippen LogP contribution in [-0.4, -0.2) is 36.4 Å². The fourth-order valence-electron chi connectivity index (χ4n) is 2.23. The summed E-state index contributed by atoms with van der Waals surface area (Å²) in [5.41, 5.74) is -0.565. The van der Waals surface area contributed by atoms with Gasteiger partial charge in [0.2, 0.25) is 10.0 Å². The Morgan fingerprint density at radius 2 is 2.10 bits per heavy atom. The summed E-state index contributed by atoms with van der Waals surface area (Å²) < 4.78 is 51.3. The summed E-state index contributed by atoms with van der Waals surface area (Å²) in [6, 6.07) is -1.18. The van der Waals surface area contributed by atoms with Crippen LogP contribution in [0, 0.1) is 0 Å². The molecule has 0 aliphatic carbocycles. The van der Waals surface area contributed by atoms with Crippen molar-refractivity contribution >= 4 is 27.3 Å². The van der Waals surface area contributed by atoms with E-state index >= 15 is 0 Å². The molecule has 5 nitrogen and oxygen atoms in total. The smallest absolute Gasteiger partial charge is 0.322 e. The van der Waals surface area contributed by atoms with Gasteiger partial charge >= 0.3 is 5.97 Å². The van der Waals surface area contributed by atoms with Crippen LogP contribution in [0.1, 0.15) is 31.3 Å². The van der Waals surface area contributed by atoms with E-state index < -0.39 is 38.9 Å². The highest BCUT2D eigenvalue weighted by Gasteiger charge is 2.39. The number of sulfonamides is 1. The number of nitrogens with zero attached hydrogens (tertiary/aromatic N) is 1. The first-order chi connectivity index (χ1) is 9.35. The summed E-state index contributed by atoms with van der Waals surface area (Å²) in [5, 5.41) is 11.3. The summed E-state index contributed by atoms with van der Waals surface area (Å²) in [5.74, 6) is -1.25.